The highest BCUT2D eigenvalue weighted by Gasteiger charge is 2.33. The number of ether oxygens (including phenoxy) is 2. The third-order valence-corrected chi connectivity index (χ3v) is 8.10. The summed E-state index contributed by atoms with van der Waals surface area (Å²) < 4.78 is 37.8. The van der Waals surface area contributed by atoms with Gasteiger partial charge in [-0.15, -0.1) is 11.3 Å². The Morgan fingerprint density at radius 1 is 1.28 bits per heavy atom. The van der Waals surface area contributed by atoms with Crippen molar-refractivity contribution in [1.82, 2.24) is 9.62 Å². The van der Waals surface area contributed by atoms with E-state index in [1.807, 2.05) is 24.3 Å². The molecule has 0 aliphatic carbocycles. The Morgan fingerprint density at radius 3 is 2.66 bits per heavy atom. The maximum absolute atomic E-state index is 12.8. The first kappa shape index (κ1) is 22.2. The zero-order valence-corrected chi connectivity index (χ0v) is 18.6. The predicted octanol–water partition coefficient (Wildman–Crippen LogP) is 2.67. The van der Waals surface area contributed by atoms with E-state index in [0.717, 1.165) is 33.9 Å². The number of hydrogen-bond donors (Lipinski definition) is 1. The van der Waals surface area contributed by atoms with Gasteiger partial charge >= 0.3 is 5.97 Å². The first-order valence-electron chi connectivity index (χ1n) is 9.04. The van der Waals surface area contributed by atoms with Crippen LogP contribution in [0.2, 0.25) is 5.02 Å². The fourth-order valence-electron chi connectivity index (χ4n) is 3.26. The first-order valence-corrected chi connectivity index (χ1v) is 11.7. The summed E-state index contributed by atoms with van der Waals surface area (Å²) in [5.74, 6) is -0.624. The minimum Gasteiger partial charge on any atom is -0.465 e. The number of carbonyl (C=O) groups is 1. The Hall–Kier alpha value is -1.49. The molecule has 0 fully saturated rings. The van der Waals surface area contributed by atoms with Crippen molar-refractivity contribution in [2.45, 2.75) is 23.7 Å². The van der Waals surface area contributed by atoms with Crippen molar-refractivity contribution in [3.8, 4) is 0 Å². The van der Waals surface area contributed by atoms with Gasteiger partial charge in [-0.3, -0.25) is 4.90 Å². The molecule has 10 heteroatoms. The molecule has 0 radical (unpaired) electrons. The second kappa shape index (κ2) is 9.55. The minimum atomic E-state index is -3.84. The fraction of sp³-hybridized carbons (Fsp3) is 0.421. The van der Waals surface area contributed by atoms with Crippen LogP contribution in [0.1, 0.15) is 26.4 Å². The van der Waals surface area contributed by atoms with Crippen LogP contribution in [0, 0.1) is 0 Å². The number of fused-ring (bicyclic) bond motifs is 1. The van der Waals surface area contributed by atoms with Crippen molar-refractivity contribution in [3.05, 3.63) is 50.9 Å². The first-order chi connectivity index (χ1) is 13.9. The molecule has 1 aliphatic heterocycles. The van der Waals surface area contributed by atoms with E-state index in [1.165, 1.54) is 14.2 Å². The summed E-state index contributed by atoms with van der Waals surface area (Å²) in [4.78, 5) is 15.5. The fourth-order valence-corrected chi connectivity index (χ4v) is 6.36. The molecule has 1 N–H and O–H groups in total. The van der Waals surface area contributed by atoms with Crippen LogP contribution in [0.3, 0.4) is 0 Å². The Balaban J connectivity index is 1.87. The van der Waals surface area contributed by atoms with E-state index in [0.29, 0.717) is 24.5 Å². The second-order valence-corrected chi connectivity index (χ2v) is 10.1. The van der Waals surface area contributed by atoms with E-state index < -0.39 is 16.0 Å². The van der Waals surface area contributed by atoms with Gasteiger partial charge in [0, 0.05) is 43.2 Å². The Labute approximate surface area is 179 Å². The van der Waals surface area contributed by atoms with Crippen molar-refractivity contribution in [2.75, 3.05) is 33.9 Å². The monoisotopic (exact) mass is 458 g/mol. The molecule has 1 aliphatic rings. The third kappa shape index (κ3) is 5.17. The standard InChI is InChI=1S/C19H23ClN2O5S2/c1-26-10-8-21-29(24,25)19-17(18(23)27-2)15-7-9-22(12-16(15)28-19)11-13-3-5-14(20)6-4-13/h3-6,21H,7-12H2,1-2H3. The lowest BCUT2D eigenvalue weighted by Crippen LogP contribution is -2.30. The number of esters is 1. The Bertz CT molecular complexity index is 973. The summed E-state index contributed by atoms with van der Waals surface area (Å²) in [5, 5.41) is 0.687. The maximum Gasteiger partial charge on any atom is 0.340 e. The summed E-state index contributed by atoms with van der Waals surface area (Å²) in [6.07, 6.45) is 0.581. The number of nitrogens with one attached hydrogen (secondary N) is 1. The van der Waals surface area contributed by atoms with Gasteiger partial charge in [0.1, 0.15) is 4.21 Å². The lowest BCUT2D eigenvalue weighted by Gasteiger charge is -2.27. The molecule has 0 saturated carbocycles. The Kier molecular flexibility index (Phi) is 7.31. The highest BCUT2D eigenvalue weighted by Crippen LogP contribution is 2.37. The molecule has 0 unspecified atom stereocenters. The Morgan fingerprint density at radius 2 is 2.00 bits per heavy atom. The summed E-state index contributed by atoms with van der Waals surface area (Å²) in [7, 11) is -1.08. The highest BCUT2D eigenvalue weighted by atomic mass is 35.5. The summed E-state index contributed by atoms with van der Waals surface area (Å²) in [5.41, 5.74) is 2.04. The van der Waals surface area contributed by atoms with E-state index in [2.05, 4.69) is 9.62 Å². The van der Waals surface area contributed by atoms with Crippen LogP contribution in [-0.4, -0.2) is 53.2 Å². The molecule has 158 valence electrons. The lowest BCUT2D eigenvalue weighted by molar-refractivity contribution is 0.0595. The number of rotatable bonds is 8. The molecular formula is C19H23ClN2O5S2. The SMILES string of the molecule is COCCNS(=O)(=O)c1sc2c(c1C(=O)OC)CCN(Cc1ccc(Cl)cc1)C2. The molecule has 0 spiro atoms. The summed E-state index contributed by atoms with van der Waals surface area (Å²) in [6, 6.07) is 7.65. The van der Waals surface area contributed by atoms with Gasteiger partial charge in [-0.25, -0.2) is 17.9 Å². The number of nitrogens with zero attached hydrogens (tertiary/aromatic N) is 1. The van der Waals surface area contributed by atoms with Gasteiger partial charge in [0.15, 0.2) is 0 Å². The largest absolute Gasteiger partial charge is 0.465 e. The number of carbonyl (C=O) groups excluding carboxylic acids is 1. The highest BCUT2D eigenvalue weighted by molar-refractivity contribution is 7.91. The van der Waals surface area contributed by atoms with Crippen LogP contribution in [0.15, 0.2) is 28.5 Å². The van der Waals surface area contributed by atoms with E-state index in [1.54, 1.807) is 0 Å². The van der Waals surface area contributed by atoms with Gasteiger partial charge in [-0.1, -0.05) is 23.7 Å². The van der Waals surface area contributed by atoms with E-state index >= 15 is 0 Å². The molecule has 1 aromatic heterocycles. The molecule has 2 heterocycles. The zero-order valence-electron chi connectivity index (χ0n) is 16.2. The molecule has 1 aromatic carbocycles. The number of thiophene rings is 1. The molecule has 7 nitrogen and oxygen atoms in total. The van der Waals surface area contributed by atoms with Gasteiger partial charge in [0.05, 0.1) is 19.3 Å². The van der Waals surface area contributed by atoms with Gasteiger partial charge in [-0.2, -0.15) is 0 Å². The topological polar surface area (TPSA) is 84.9 Å². The van der Waals surface area contributed by atoms with Crippen LogP contribution in [0.5, 0.6) is 0 Å². The zero-order chi connectivity index (χ0) is 21.0. The van der Waals surface area contributed by atoms with Gasteiger partial charge in [-0.05, 0) is 29.7 Å². The van der Waals surface area contributed by atoms with E-state index in [-0.39, 0.29) is 22.9 Å². The lowest BCUT2D eigenvalue weighted by atomic mass is 10.0. The van der Waals surface area contributed by atoms with Crippen LogP contribution in [0.4, 0.5) is 0 Å². The predicted molar refractivity (Wildman–Crippen MR) is 112 cm³/mol. The van der Waals surface area contributed by atoms with Crippen molar-refractivity contribution in [2.24, 2.45) is 0 Å². The van der Waals surface area contributed by atoms with E-state index in [4.69, 9.17) is 21.1 Å². The van der Waals surface area contributed by atoms with E-state index in [9.17, 15) is 13.2 Å². The average Bonchev–Trinajstić information content (AvgIpc) is 3.09. The van der Waals surface area contributed by atoms with Crippen LogP contribution >= 0.6 is 22.9 Å². The van der Waals surface area contributed by atoms with Crippen molar-refractivity contribution >= 4 is 38.9 Å². The number of hydrogen-bond acceptors (Lipinski definition) is 7. The molecule has 0 saturated heterocycles. The third-order valence-electron chi connectivity index (χ3n) is 4.65. The van der Waals surface area contributed by atoms with Crippen molar-refractivity contribution in [1.29, 1.82) is 0 Å². The number of halogens is 1. The van der Waals surface area contributed by atoms with Gasteiger partial charge in [0.25, 0.3) is 10.0 Å². The van der Waals surface area contributed by atoms with Gasteiger partial charge < -0.3 is 9.47 Å². The smallest absolute Gasteiger partial charge is 0.340 e. The molecule has 0 bridgehead atoms. The second-order valence-electron chi connectivity index (χ2n) is 6.64. The van der Waals surface area contributed by atoms with Crippen LogP contribution < -0.4 is 4.72 Å². The summed E-state index contributed by atoms with van der Waals surface area (Å²) in [6.45, 7) is 2.38. The molecule has 29 heavy (non-hydrogen) atoms. The van der Waals surface area contributed by atoms with Crippen molar-refractivity contribution in [3.63, 3.8) is 0 Å². The molecule has 0 atom stereocenters. The summed E-state index contributed by atoms with van der Waals surface area (Å²) >= 11 is 7.08. The molecular weight excluding hydrogens is 436 g/mol. The molecule has 0 amide bonds. The minimum absolute atomic E-state index is 0.0128. The van der Waals surface area contributed by atoms with Crippen LogP contribution in [0.25, 0.3) is 0 Å². The molecule has 2 aromatic rings. The number of methoxy groups -OCH3 is 2. The maximum atomic E-state index is 12.8. The van der Waals surface area contributed by atoms with Gasteiger partial charge in [0.2, 0.25) is 0 Å². The number of sulfonamides is 1. The average molecular weight is 459 g/mol. The van der Waals surface area contributed by atoms with Crippen molar-refractivity contribution < 1.29 is 22.7 Å². The number of benzene rings is 1. The van der Waals surface area contributed by atoms with Crippen LogP contribution in [-0.2, 0) is 39.0 Å². The molecule has 3 rings (SSSR count). The normalized spacial score (nSPS) is 14.6. The quantitative estimate of drug-likeness (QED) is 0.483.